The zero-order valence-corrected chi connectivity index (χ0v) is 16.9. The van der Waals surface area contributed by atoms with Crippen LogP contribution in [-0.4, -0.2) is 55.4 Å². The van der Waals surface area contributed by atoms with Crippen molar-refractivity contribution in [3.8, 4) is 0 Å². The number of benzene rings is 1. The van der Waals surface area contributed by atoms with Gasteiger partial charge in [-0.15, -0.1) is 0 Å². The van der Waals surface area contributed by atoms with E-state index in [4.69, 9.17) is 0 Å². The molecule has 3 rings (SSSR count). The molecular weight excluding hydrogens is 338 g/mol. The Morgan fingerprint density at radius 1 is 1.04 bits per heavy atom. The summed E-state index contributed by atoms with van der Waals surface area (Å²) < 4.78 is 0. The summed E-state index contributed by atoms with van der Waals surface area (Å²) in [6, 6.07) is 8.16. The van der Waals surface area contributed by atoms with Crippen LogP contribution in [-0.2, 0) is 4.79 Å². The second-order valence-electron chi connectivity index (χ2n) is 8.31. The first-order valence-electron chi connectivity index (χ1n) is 10.3. The molecule has 1 aliphatic carbocycles. The van der Waals surface area contributed by atoms with E-state index in [1.54, 1.807) is 6.92 Å². The van der Waals surface area contributed by atoms with Gasteiger partial charge in [-0.1, -0.05) is 26.7 Å². The summed E-state index contributed by atoms with van der Waals surface area (Å²) >= 11 is 0. The minimum Gasteiger partial charge on any atom is -0.369 e. The Labute approximate surface area is 163 Å². The maximum absolute atomic E-state index is 12.5. The molecule has 1 aromatic rings. The number of amides is 1. The highest BCUT2D eigenvalue weighted by atomic mass is 16.2. The van der Waals surface area contributed by atoms with Crippen molar-refractivity contribution in [3.05, 3.63) is 29.8 Å². The molecular formula is C22H33N3O2. The number of carbonyl (C=O) groups excluding carboxylic acids is 2. The van der Waals surface area contributed by atoms with Gasteiger partial charge in [-0.2, -0.15) is 0 Å². The molecule has 1 saturated carbocycles. The van der Waals surface area contributed by atoms with Crippen LogP contribution in [0.15, 0.2) is 24.3 Å². The number of carbonyl (C=O) groups is 2. The molecule has 1 saturated heterocycles. The van der Waals surface area contributed by atoms with E-state index >= 15 is 0 Å². The van der Waals surface area contributed by atoms with Gasteiger partial charge in [0.25, 0.3) is 0 Å². The van der Waals surface area contributed by atoms with Crippen molar-refractivity contribution in [3.63, 3.8) is 0 Å². The molecule has 1 aromatic carbocycles. The standard InChI is InChI=1S/C22H33N3O2/c1-16-5-4-6-21(17(16)2)23-22(27)15-24-11-13-25(14-12-24)20-9-7-19(8-10-20)18(3)26/h7-10,16-17,21H,4-6,11-15H2,1-3H3,(H,23,27)/t16-,17-,21+/m1/s1. The molecule has 5 heteroatoms. The van der Waals surface area contributed by atoms with Crippen molar-refractivity contribution in [2.45, 2.75) is 46.1 Å². The third-order valence-electron chi connectivity index (χ3n) is 6.43. The lowest BCUT2D eigenvalue weighted by atomic mass is 9.78. The quantitative estimate of drug-likeness (QED) is 0.809. The fraction of sp³-hybridized carbons (Fsp3) is 0.636. The van der Waals surface area contributed by atoms with E-state index in [2.05, 4.69) is 29.0 Å². The Bertz CT molecular complexity index is 650. The highest BCUT2D eigenvalue weighted by Gasteiger charge is 2.28. The summed E-state index contributed by atoms with van der Waals surface area (Å²) in [5.41, 5.74) is 1.90. The van der Waals surface area contributed by atoms with E-state index in [0.29, 0.717) is 24.4 Å². The van der Waals surface area contributed by atoms with E-state index in [-0.39, 0.29) is 11.7 Å². The molecule has 1 aliphatic heterocycles. The number of nitrogens with zero attached hydrogens (tertiary/aromatic N) is 2. The van der Waals surface area contributed by atoms with Crippen LogP contribution < -0.4 is 10.2 Å². The van der Waals surface area contributed by atoms with E-state index < -0.39 is 0 Å². The zero-order chi connectivity index (χ0) is 19.4. The molecule has 1 N–H and O–H groups in total. The Morgan fingerprint density at radius 3 is 2.33 bits per heavy atom. The highest BCUT2D eigenvalue weighted by Crippen LogP contribution is 2.29. The summed E-state index contributed by atoms with van der Waals surface area (Å²) in [6.07, 6.45) is 3.61. The Balaban J connectivity index is 1.45. The number of Topliss-reactive ketones (excluding diaryl/α,β-unsaturated/α-hetero) is 1. The van der Waals surface area contributed by atoms with E-state index in [1.165, 1.54) is 12.8 Å². The lowest BCUT2D eigenvalue weighted by Gasteiger charge is -2.37. The fourth-order valence-electron chi connectivity index (χ4n) is 4.31. The molecule has 2 aliphatic rings. The van der Waals surface area contributed by atoms with Gasteiger partial charge in [0.1, 0.15) is 0 Å². The van der Waals surface area contributed by atoms with Crippen molar-refractivity contribution in [2.75, 3.05) is 37.6 Å². The average Bonchev–Trinajstić information content (AvgIpc) is 2.66. The summed E-state index contributed by atoms with van der Waals surface area (Å²) in [5, 5.41) is 3.28. The Hall–Kier alpha value is -1.88. The predicted octanol–water partition coefficient (Wildman–Crippen LogP) is 2.95. The maximum atomic E-state index is 12.5. The zero-order valence-electron chi connectivity index (χ0n) is 16.9. The summed E-state index contributed by atoms with van der Waals surface area (Å²) in [7, 11) is 0. The number of hydrogen-bond acceptors (Lipinski definition) is 4. The highest BCUT2D eigenvalue weighted by molar-refractivity contribution is 5.94. The SMILES string of the molecule is CC(=O)c1ccc(N2CCN(CC(=O)N[C@H]3CCC[C@@H](C)[C@H]3C)CC2)cc1. The molecule has 0 unspecified atom stereocenters. The summed E-state index contributed by atoms with van der Waals surface area (Å²) in [6.45, 7) is 10.2. The van der Waals surface area contributed by atoms with Crippen LogP contribution in [0.2, 0.25) is 0 Å². The van der Waals surface area contributed by atoms with Crippen molar-refractivity contribution in [2.24, 2.45) is 11.8 Å². The molecule has 148 valence electrons. The molecule has 1 amide bonds. The van der Waals surface area contributed by atoms with Crippen molar-refractivity contribution in [1.82, 2.24) is 10.2 Å². The van der Waals surface area contributed by atoms with Crippen LogP contribution in [0.4, 0.5) is 5.69 Å². The lowest BCUT2D eigenvalue weighted by Crippen LogP contribution is -2.52. The van der Waals surface area contributed by atoms with Gasteiger partial charge in [0.05, 0.1) is 6.54 Å². The van der Waals surface area contributed by atoms with Gasteiger partial charge in [0.2, 0.25) is 5.91 Å². The largest absolute Gasteiger partial charge is 0.369 e. The van der Waals surface area contributed by atoms with Gasteiger partial charge in [-0.25, -0.2) is 0 Å². The predicted molar refractivity (Wildman–Crippen MR) is 109 cm³/mol. The van der Waals surface area contributed by atoms with Crippen molar-refractivity contribution in [1.29, 1.82) is 0 Å². The van der Waals surface area contributed by atoms with Gasteiger partial charge in [-0.05, 0) is 49.4 Å². The number of hydrogen-bond donors (Lipinski definition) is 1. The molecule has 0 radical (unpaired) electrons. The average molecular weight is 372 g/mol. The van der Waals surface area contributed by atoms with Crippen LogP contribution in [0.5, 0.6) is 0 Å². The van der Waals surface area contributed by atoms with Crippen LogP contribution in [0.1, 0.15) is 50.4 Å². The van der Waals surface area contributed by atoms with Crippen LogP contribution in [0.3, 0.4) is 0 Å². The van der Waals surface area contributed by atoms with Crippen LogP contribution >= 0.6 is 0 Å². The lowest BCUT2D eigenvalue weighted by molar-refractivity contribution is -0.123. The Morgan fingerprint density at radius 2 is 1.70 bits per heavy atom. The van der Waals surface area contributed by atoms with Gasteiger partial charge < -0.3 is 10.2 Å². The molecule has 5 nitrogen and oxygen atoms in total. The number of ketones is 1. The molecule has 27 heavy (non-hydrogen) atoms. The number of piperazine rings is 1. The van der Waals surface area contributed by atoms with Crippen LogP contribution in [0.25, 0.3) is 0 Å². The van der Waals surface area contributed by atoms with Gasteiger partial charge in [0, 0.05) is 43.5 Å². The van der Waals surface area contributed by atoms with Gasteiger partial charge >= 0.3 is 0 Å². The summed E-state index contributed by atoms with van der Waals surface area (Å²) in [5.74, 6) is 1.53. The second-order valence-corrected chi connectivity index (χ2v) is 8.31. The number of nitrogens with one attached hydrogen (secondary N) is 1. The number of rotatable bonds is 5. The smallest absolute Gasteiger partial charge is 0.234 e. The summed E-state index contributed by atoms with van der Waals surface area (Å²) in [4.78, 5) is 28.5. The van der Waals surface area contributed by atoms with Crippen molar-refractivity contribution < 1.29 is 9.59 Å². The molecule has 1 heterocycles. The minimum atomic E-state index is 0.0964. The normalized spacial score (nSPS) is 26.6. The van der Waals surface area contributed by atoms with Crippen molar-refractivity contribution >= 4 is 17.4 Å². The first-order valence-corrected chi connectivity index (χ1v) is 10.3. The molecule has 0 aromatic heterocycles. The first-order chi connectivity index (χ1) is 12.9. The van der Waals surface area contributed by atoms with Gasteiger partial charge in [0.15, 0.2) is 5.78 Å². The van der Waals surface area contributed by atoms with E-state index in [9.17, 15) is 9.59 Å². The molecule has 3 atom stereocenters. The fourth-order valence-corrected chi connectivity index (χ4v) is 4.31. The second kappa shape index (κ2) is 8.87. The third-order valence-corrected chi connectivity index (χ3v) is 6.43. The third kappa shape index (κ3) is 5.10. The molecule has 0 spiro atoms. The maximum Gasteiger partial charge on any atom is 0.234 e. The minimum absolute atomic E-state index is 0.0964. The molecule has 0 bridgehead atoms. The van der Waals surface area contributed by atoms with E-state index in [0.717, 1.165) is 43.9 Å². The van der Waals surface area contributed by atoms with Crippen LogP contribution in [0, 0.1) is 11.8 Å². The van der Waals surface area contributed by atoms with Gasteiger partial charge in [-0.3, -0.25) is 14.5 Å². The monoisotopic (exact) mass is 371 g/mol. The Kier molecular flexibility index (Phi) is 6.53. The first kappa shape index (κ1) is 19.9. The van der Waals surface area contributed by atoms with E-state index in [1.807, 2.05) is 24.3 Å². The molecule has 2 fully saturated rings. The topological polar surface area (TPSA) is 52.7 Å². The number of anilines is 1.